The van der Waals surface area contributed by atoms with Gasteiger partial charge in [-0.15, -0.1) is 11.8 Å². The average Bonchev–Trinajstić information content (AvgIpc) is 2.67. The van der Waals surface area contributed by atoms with E-state index in [1.54, 1.807) is 37.2 Å². The fourth-order valence-corrected chi connectivity index (χ4v) is 4.68. The second kappa shape index (κ2) is 8.44. The zero-order chi connectivity index (χ0) is 19.4. The van der Waals surface area contributed by atoms with E-state index in [4.69, 9.17) is 9.47 Å². The molecule has 0 N–H and O–H groups in total. The molecule has 0 saturated carbocycles. The van der Waals surface area contributed by atoms with E-state index in [0.717, 1.165) is 34.8 Å². The summed E-state index contributed by atoms with van der Waals surface area (Å²) in [4.78, 5) is 5.35. The van der Waals surface area contributed by atoms with Gasteiger partial charge in [-0.25, -0.2) is 9.37 Å². The van der Waals surface area contributed by atoms with Crippen LogP contribution in [0.4, 0.5) is 4.39 Å². The lowest BCUT2D eigenvalue weighted by atomic mass is 9.70. The lowest BCUT2D eigenvalue weighted by molar-refractivity contribution is 0.00820. The number of halogens is 1. The molecule has 144 valence electrons. The van der Waals surface area contributed by atoms with Crippen molar-refractivity contribution in [2.24, 2.45) is 5.92 Å². The monoisotopic (exact) mass is 387 g/mol. The summed E-state index contributed by atoms with van der Waals surface area (Å²) in [5, 5.41) is 0. The predicted octanol–water partition coefficient (Wildman–Crippen LogP) is 5.46. The van der Waals surface area contributed by atoms with Crippen LogP contribution in [-0.2, 0) is 10.2 Å². The van der Waals surface area contributed by atoms with E-state index in [2.05, 4.69) is 18.5 Å². The highest BCUT2D eigenvalue weighted by molar-refractivity contribution is 8.03. The minimum atomic E-state index is -0.393. The van der Waals surface area contributed by atoms with E-state index < -0.39 is 5.41 Å². The van der Waals surface area contributed by atoms with Crippen LogP contribution in [0.1, 0.15) is 25.8 Å². The summed E-state index contributed by atoms with van der Waals surface area (Å²) in [6.07, 6.45) is 2.60. The van der Waals surface area contributed by atoms with Crippen molar-refractivity contribution in [1.82, 2.24) is 4.98 Å². The molecule has 0 bridgehead atoms. The zero-order valence-electron chi connectivity index (χ0n) is 16.1. The molecule has 1 saturated heterocycles. The minimum absolute atomic E-state index is 0.195. The molecular formula is C22H26FNO2S. The Labute approximate surface area is 165 Å². The highest BCUT2D eigenvalue weighted by atomic mass is 32.2. The van der Waals surface area contributed by atoms with Gasteiger partial charge < -0.3 is 9.47 Å². The van der Waals surface area contributed by atoms with Gasteiger partial charge in [-0.1, -0.05) is 19.6 Å². The molecule has 0 amide bonds. The maximum absolute atomic E-state index is 14.9. The maximum Gasteiger partial charge on any atom is 0.221 e. The Morgan fingerprint density at radius 2 is 2.26 bits per heavy atom. The second-order valence-corrected chi connectivity index (χ2v) is 8.54. The molecule has 0 aliphatic carbocycles. The van der Waals surface area contributed by atoms with Gasteiger partial charge in [0.25, 0.3) is 0 Å². The van der Waals surface area contributed by atoms with Gasteiger partial charge in [0.15, 0.2) is 0 Å². The number of aromatic nitrogens is 1. The molecule has 1 fully saturated rings. The first-order chi connectivity index (χ1) is 13.0. The normalized spacial score (nSPS) is 22.4. The predicted molar refractivity (Wildman–Crippen MR) is 110 cm³/mol. The van der Waals surface area contributed by atoms with Gasteiger partial charge >= 0.3 is 0 Å². The number of hydrogen-bond donors (Lipinski definition) is 0. The number of thioether (sulfide) groups is 1. The minimum Gasteiger partial charge on any atom is -0.481 e. The summed E-state index contributed by atoms with van der Waals surface area (Å²) in [7, 11) is 1.59. The van der Waals surface area contributed by atoms with Crippen LogP contribution in [0.25, 0.3) is 11.1 Å². The molecule has 1 aliphatic heterocycles. The van der Waals surface area contributed by atoms with E-state index >= 15 is 0 Å². The average molecular weight is 388 g/mol. The number of allylic oxidation sites excluding steroid dienone is 1. The Morgan fingerprint density at radius 1 is 1.44 bits per heavy atom. The largest absolute Gasteiger partial charge is 0.481 e. The van der Waals surface area contributed by atoms with Crippen molar-refractivity contribution in [1.29, 1.82) is 0 Å². The van der Waals surface area contributed by atoms with Crippen molar-refractivity contribution in [3.63, 3.8) is 0 Å². The third-order valence-corrected chi connectivity index (χ3v) is 6.36. The standard InChI is InChI=1S/C22H26FNO2S/c1-15(2)27-13-17-9-11-26-14-22(17,3)19-12-16(7-8-20(19)23)18-6-5-10-24-21(18)25-4/h5-8,10,12,17H,1,9,11,13-14H2,2-4H3/t17-,22+/m0/s1. The van der Waals surface area contributed by atoms with E-state index in [1.165, 1.54) is 0 Å². The second-order valence-electron chi connectivity index (χ2n) is 7.22. The molecule has 2 heterocycles. The molecule has 5 heteroatoms. The van der Waals surface area contributed by atoms with Crippen LogP contribution in [-0.4, -0.2) is 31.1 Å². The fourth-order valence-electron chi connectivity index (χ4n) is 3.66. The van der Waals surface area contributed by atoms with E-state index in [0.29, 0.717) is 24.0 Å². The summed E-state index contributed by atoms with van der Waals surface area (Å²) >= 11 is 1.74. The number of rotatable bonds is 6. The number of methoxy groups -OCH3 is 1. The van der Waals surface area contributed by atoms with E-state index in [9.17, 15) is 4.39 Å². The number of ether oxygens (including phenoxy) is 2. The Kier molecular flexibility index (Phi) is 6.22. The fraction of sp³-hybridized carbons (Fsp3) is 0.409. The Balaban J connectivity index is 2.02. The smallest absolute Gasteiger partial charge is 0.221 e. The molecule has 27 heavy (non-hydrogen) atoms. The Hall–Kier alpha value is -1.85. The van der Waals surface area contributed by atoms with Crippen molar-refractivity contribution in [2.45, 2.75) is 25.7 Å². The molecule has 1 aromatic carbocycles. The van der Waals surface area contributed by atoms with Crippen molar-refractivity contribution < 1.29 is 13.9 Å². The van der Waals surface area contributed by atoms with Crippen molar-refractivity contribution in [3.05, 3.63) is 59.4 Å². The Morgan fingerprint density at radius 3 is 3.00 bits per heavy atom. The first-order valence-corrected chi connectivity index (χ1v) is 10.1. The molecule has 0 spiro atoms. The van der Waals surface area contributed by atoms with Crippen LogP contribution in [0.5, 0.6) is 5.88 Å². The van der Waals surface area contributed by atoms with Gasteiger partial charge in [-0.05, 0) is 59.6 Å². The van der Waals surface area contributed by atoms with Crippen molar-refractivity contribution >= 4 is 11.8 Å². The van der Waals surface area contributed by atoms with Crippen LogP contribution in [0.15, 0.2) is 48.0 Å². The molecule has 1 aliphatic rings. The highest BCUT2D eigenvalue weighted by Gasteiger charge is 2.40. The zero-order valence-corrected chi connectivity index (χ0v) is 16.9. The number of hydrogen-bond acceptors (Lipinski definition) is 4. The molecule has 3 nitrogen and oxygen atoms in total. The number of benzene rings is 1. The Bertz CT molecular complexity index is 826. The highest BCUT2D eigenvalue weighted by Crippen LogP contribution is 2.43. The molecule has 2 aromatic rings. The van der Waals surface area contributed by atoms with Gasteiger partial charge in [0.1, 0.15) is 5.82 Å². The van der Waals surface area contributed by atoms with Crippen LogP contribution < -0.4 is 4.74 Å². The lowest BCUT2D eigenvalue weighted by Crippen LogP contribution is -2.43. The summed E-state index contributed by atoms with van der Waals surface area (Å²) in [5.74, 6) is 1.57. The third-order valence-electron chi connectivity index (χ3n) is 5.30. The first-order valence-electron chi connectivity index (χ1n) is 9.11. The van der Waals surface area contributed by atoms with Gasteiger partial charge in [-0.2, -0.15) is 0 Å². The van der Waals surface area contributed by atoms with Crippen LogP contribution in [0.3, 0.4) is 0 Å². The third kappa shape index (κ3) is 4.19. The number of pyridine rings is 1. The van der Waals surface area contributed by atoms with Gasteiger partial charge in [-0.3, -0.25) is 0 Å². The SMILES string of the molecule is C=C(C)SC[C@@H]1CCOC[C@@]1(C)c1cc(-c2cccnc2OC)ccc1F. The summed E-state index contributed by atoms with van der Waals surface area (Å²) in [6, 6.07) is 9.06. The van der Waals surface area contributed by atoms with Crippen molar-refractivity contribution in [2.75, 3.05) is 26.1 Å². The first kappa shape index (κ1) is 19.9. The topological polar surface area (TPSA) is 31.4 Å². The van der Waals surface area contributed by atoms with Gasteiger partial charge in [0, 0.05) is 29.5 Å². The quantitative estimate of drug-likeness (QED) is 0.659. The number of nitrogens with zero attached hydrogens (tertiary/aromatic N) is 1. The van der Waals surface area contributed by atoms with Gasteiger partial charge in [0.2, 0.25) is 5.88 Å². The maximum atomic E-state index is 14.9. The van der Waals surface area contributed by atoms with Gasteiger partial charge in [0.05, 0.1) is 13.7 Å². The molecule has 3 rings (SSSR count). The molecule has 2 atom stereocenters. The molecule has 1 aromatic heterocycles. The lowest BCUT2D eigenvalue weighted by Gasteiger charge is -2.42. The van der Waals surface area contributed by atoms with Crippen LogP contribution in [0.2, 0.25) is 0 Å². The summed E-state index contributed by atoms with van der Waals surface area (Å²) in [6.45, 7) is 9.34. The van der Waals surface area contributed by atoms with E-state index in [-0.39, 0.29) is 5.82 Å². The van der Waals surface area contributed by atoms with Crippen LogP contribution >= 0.6 is 11.8 Å². The molecule has 0 unspecified atom stereocenters. The van der Waals surface area contributed by atoms with E-state index in [1.807, 2.05) is 25.1 Å². The molecule has 0 radical (unpaired) electrons. The summed E-state index contributed by atoms with van der Waals surface area (Å²) < 4.78 is 26.1. The van der Waals surface area contributed by atoms with Crippen molar-refractivity contribution in [3.8, 4) is 17.0 Å². The summed E-state index contributed by atoms with van der Waals surface area (Å²) in [5.41, 5.74) is 2.05. The molecular weight excluding hydrogens is 361 g/mol. The van der Waals surface area contributed by atoms with Crippen LogP contribution in [0, 0.1) is 11.7 Å².